The third kappa shape index (κ3) is 3.27. The molecule has 0 saturated heterocycles. The molecule has 110 valence electrons. The fourth-order valence-electron chi connectivity index (χ4n) is 1.90. The largest absolute Gasteiger partial charge is 0.444 e. The molecule has 0 spiro atoms. The molecule has 5 heteroatoms. The van der Waals surface area contributed by atoms with E-state index in [1.165, 1.54) is 0 Å². The smallest absolute Gasteiger partial charge is 0.208 e. The van der Waals surface area contributed by atoms with E-state index in [-0.39, 0.29) is 5.54 Å². The minimum Gasteiger partial charge on any atom is -0.444 e. The lowest BCUT2D eigenvalue weighted by Crippen LogP contribution is -2.38. The van der Waals surface area contributed by atoms with Crippen LogP contribution in [0.2, 0.25) is 0 Å². The van der Waals surface area contributed by atoms with Gasteiger partial charge >= 0.3 is 0 Å². The number of oxazole rings is 1. The van der Waals surface area contributed by atoms with Crippen LogP contribution in [0.15, 0.2) is 16.0 Å². The van der Waals surface area contributed by atoms with Gasteiger partial charge in [-0.3, -0.25) is 5.32 Å². The fourth-order valence-corrected chi connectivity index (χ4v) is 2.91. The highest BCUT2D eigenvalue weighted by molar-refractivity contribution is 7.09. The summed E-state index contributed by atoms with van der Waals surface area (Å²) >= 11 is 1.70. The van der Waals surface area contributed by atoms with E-state index in [1.807, 2.05) is 13.1 Å². The Morgan fingerprint density at radius 2 is 2.20 bits per heavy atom. The average Bonchev–Trinajstić information content (AvgIpc) is 3.05. The van der Waals surface area contributed by atoms with Gasteiger partial charge in [0.15, 0.2) is 0 Å². The predicted molar refractivity (Wildman–Crippen MR) is 81.9 cm³/mol. The highest BCUT2D eigenvalue weighted by Crippen LogP contribution is 2.28. The summed E-state index contributed by atoms with van der Waals surface area (Å²) in [4.78, 5) is 8.93. The molecule has 0 aromatic carbocycles. The molecular formula is C15H23N3OS. The van der Waals surface area contributed by atoms with Gasteiger partial charge in [0, 0.05) is 17.0 Å². The van der Waals surface area contributed by atoms with Crippen molar-refractivity contribution in [2.75, 3.05) is 0 Å². The van der Waals surface area contributed by atoms with Crippen molar-refractivity contribution in [1.82, 2.24) is 15.3 Å². The summed E-state index contributed by atoms with van der Waals surface area (Å²) in [5.74, 6) is 2.04. The highest BCUT2D eigenvalue weighted by atomic mass is 32.1. The fraction of sp³-hybridized carbons (Fsp3) is 0.600. The second kappa shape index (κ2) is 6.06. The van der Waals surface area contributed by atoms with Crippen molar-refractivity contribution in [3.63, 3.8) is 0 Å². The maximum Gasteiger partial charge on any atom is 0.208 e. The van der Waals surface area contributed by atoms with Gasteiger partial charge in [0.05, 0.1) is 18.3 Å². The van der Waals surface area contributed by atoms with E-state index < -0.39 is 0 Å². The summed E-state index contributed by atoms with van der Waals surface area (Å²) in [6, 6.07) is 0. The third-order valence-electron chi connectivity index (χ3n) is 3.57. The van der Waals surface area contributed by atoms with Crippen LogP contribution in [0.3, 0.4) is 0 Å². The Labute approximate surface area is 124 Å². The number of aromatic nitrogens is 2. The average molecular weight is 293 g/mol. The van der Waals surface area contributed by atoms with Crippen LogP contribution in [0.4, 0.5) is 0 Å². The summed E-state index contributed by atoms with van der Waals surface area (Å²) in [5.41, 5.74) is 0.940. The Hall–Kier alpha value is -1.20. The first-order chi connectivity index (χ1) is 9.44. The SMILES string of the molecule is CCC(C)(NCc1ncc(C(C)C)o1)c1nc(C)cs1. The number of hydrogen-bond donors (Lipinski definition) is 1. The molecule has 1 atom stereocenters. The monoisotopic (exact) mass is 293 g/mol. The van der Waals surface area contributed by atoms with E-state index in [9.17, 15) is 0 Å². The zero-order valence-corrected chi connectivity index (χ0v) is 13.7. The Morgan fingerprint density at radius 3 is 2.70 bits per heavy atom. The van der Waals surface area contributed by atoms with Crippen LogP contribution in [0.1, 0.15) is 62.4 Å². The van der Waals surface area contributed by atoms with Crippen molar-refractivity contribution in [1.29, 1.82) is 0 Å². The molecule has 2 aromatic rings. The van der Waals surface area contributed by atoms with Crippen LogP contribution in [0.25, 0.3) is 0 Å². The number of hydrogen-bond acceptors (Lipinski definition) is 5. The zero-order chi connectivity index (χ0) is 14.8. The van der Waals surface area contributed by atoms with E-state index >= 15 is 0 Å². The lowest BCUT2D eigenvalue weighted by molar-refractivity contribution is 0.320. The Morgan fingerprint density at radius 1 is 1.45 bits per heavy atom. The van der Waals surface area contributed by atoms with Crippen LogP contribution < -0.4 is 5.32 Å². The van der Waals surface area contributed by atoms with Crippen molar-refractivity contribution in [2.24, 2.45) is 0 Å². The van der Waals surface area contributed by atoms with Crippen molar-refractivity contribution >= 4 is 11.3 Å². The molecule has 4 nitrogen and oxygen atoms in total. The van der Waals surface area contributed by atoms with E-state index in [0.717, 1.165) is 28.8 Å². The first-order valence-electron chi connectivity index (χ1n) is 7.07. The number of nitrogens with zero attached hydrogens (tertiary/aromatic N) is 2. The normalized spacial score (nSPS) is 14.7. The van der Waals surface area contributed by atoms with Crippen molar-refractivity contribution < 1.29 is 4.42 Å². The minimum atomic E-state index is -0.134. The molecule has 1 unspecified atom stereocenters. The van der Waals surface area contributed by atoms with Gasteiger partial charge in [0.25, 0.3) is 0 Å². The lowest BCUT2D eigenvalue weighted by Gasteiger charge is -2.26. The minimum absolute atomic E-state index is 0.134. The van der Waals surface area contributed by atoms with E-state index in [4.69, 9.17) is 4.42 Å². The zero-order valence-electron chi connectivity index (χ0n) is 12.9. The number of rotatable bonds is 6. The van der Waals surface area contributed by atoms with Gasteiger partial charge in [-0.2, -0.15) is 0 Å². The molecule has 0 aliphatic heterocycles. The molecular weight excluding hydrogens is 270 g/mol. The third-order valence-corrected chi connectivity index (χ3v) is 4.79. The van der Waals surface area contributed by atoms with Gasteiger partial charge in [-0.05, 0) is 20.3 Å². The van der Waals surface area contributed by atoms with E-state index in [2.05, 4.69) is 48.4 Å². The molecule has 1 N–H and O–H groups in total. The molecule has 2 aromatic heterocycles. The highest BCUT2D eigenvalue weighted by Gasteiger charge is 2.27. The van der Waals surface area contributed by atoms with E-state index in [1.54, 1.807) is 11.3 Å². The molecule has 2 rings (SSSR count). The summed E-state index contributed by atoms with van der Waals surface area (Å²) in [6.45, 7) is 11.2. The standard InChI is InChI=1S/C15H23N3OS/c1-6-15(5,14-18-11(4)9-20-14)17-8-13-16-7-12(19-13)10(2)3/h7,9-10,17H,6,8H2,1-5H3. The lowest BCUT2D eigenvalue weighted by atomic mass is 10.00. The predicted octanol–water partition coefficient (Wildman–Crippen LogP) is 3.98. The van der Waals surface area contributed by atoms with Gasteiger partial charge in [0.2, 0.25) is 5.89 Å². The van der Waals surface area contributed by atoms with Crippen LogP contribution in [0, 0.1) is 6.92 Å². The second-order valence-electron chi connectivity index (χ2n) is 5.64. The van der Waals surface area contributed by atoms with Gasteiger partial charge in [-0.15, -0.1) is 11.3 Å². The Kier molecular flexibility index (Phi) is 4.60. The molecule has 0 amide bonds. The molecule has 0 radical (unpaired) electrons. The van der Waals surface area contributed by atoms with Gasteiger partial charge in [-0.25, -0.2) is 9.97 Å². The Bertz CT molecular complexity index is 561. The van der Waals surface area contributed by atoms with Crippen molar-refractivity contribution in [2.45, 2.75) is 59.0 Å². The topological polar surface area (TPSA) is 51.0 Å². The van der Waals surface area contributed by atoms with Gasteiger partial charge < -0.3 is 4.42 Å². The number of nitrogens with one attached hydrogen (secondary N) is 1. The first kappa shape index (κ1) is 15.2. The van der Waals surface area contributed by atoms with Crippen LogP contribution in [0.5, 0.6) is 0 Å². The summed E-state index contributed by atoms with van der Waals surface area (Å²) in [6.07, 6.45) is 2.79. The molecule has 0 saturated carbocycles. The van der Waals surface area contributed by atoms with E-state index in [0.29, 0.717) is 12.5 Å². The second-order valence-corrected chi connectivity index (χ2v) is 6.50. The Balaban J connectivity index is 2.06. The number of thiazole rings is 1. The van der Waals surface area contributed by atoms with Gasteiger partial charge in [-0.1, -0.05) is 20.8 Å². The summed E-state index contributed by atoms with van der Waals surface area (Å²) in [7, 11) is 0. The maximum atomic E-state index is 5.74. The maximum absolute atomic E-state index is 5.74. The van der Waals surface area contributed by atoms with Crippen LogP contribution in [-0.4, -0.2) is 9.97 Å². The molecule has 0 bridgehead atoms. The quantitative estimate of drug-likeness (QED) is 0.875. The molecule has 0 fully saturated rings. The van der Waals surface area contributed by atoms with Crippen molar-refractivity contribution in [3.05, 3.63) is 33.9 Å². The van der Waals surface area contributed by atoms with Crippen LogP contribution in [-0.2, 0) is 12.1 Å². The molecule has 0 aliphatic rings. The van der Waals surface area contributed by atoms with Crippen LogP contribution >= 0.6 is 11.3 Å². The summed E-state index contributed by atoms with van der Waals surface area (Å²) in [5, 5.41) is 6.74. The number of aryl methyl sites for hydroxylation is 1. The van der Waals surface area contributed by atoms with Crippen molar-refractivity contribution in [3.8, 4) is 0 Å². The first-order valence-corrected chi connectivity index (χ1v) is 7.95. The summed E-state index contributed by atoms with van der Waals surface area (Å²) < 4.78 is 5.74. The molecule has 2 heterocycles. The van der Waals surface area contributed by atoms with Gasteiger partial charge in [0.1, 0.15) is 10.8 Å². The molecule has 20 heavy (non-hydrogen) atoms. The molecule has 0 aliphatic carbocycles.